The quantitative estimate of drug-likeness (QED) is 0.455. The minimum atomic E-state index is -1.06. The molecule has 0 spiro atoms. The fraction of sp³-hybridized carbons (Fsp3) is 0. The SMILES string of the molecule is O=C(O)c1cc2c3ccccc3c3cc(C(=O)O)[nH]c3c2[nH]1. The van der Waals surface area contributed by atoms with Crippen LogP contribution in [-0.4, -0.2) is 32.1 Å². The lowest BCUT2D eigenvalue weighted by Crippen LogP contribution is -1.95. The molecule has 4 N–H and O–H groups in total. The molecule has 0 aliphatic carbocycles. The van der Waals surface area contributed by atoms with Gasteiger partial charge in [-0.05, 0) is 22.9 Å². The molecule has 0 saturated heterocycles. The van der Waals surface area contributed by atoms with Crippen molar-refractivity contribution in [2.45, 2.75) is 0 Å². The molecule has 0 bridgehead atoms. The summed E-state index contributed by atoms with van der Waals surface area (Å²) in [5.41, 5.74) is 1.33. The van der Waals surface area contributed by atoms with Crippen LogP contribution in [0.4, 0.5) is 0 Å². The van der Waals surface area contributed by atoms with E-state index in [-0.39, 0.29) is 11.4 Å². The van der Waals surface area contributed by atoms with E-state index in [4.69, 9.17) is 0 Å². The number of nitrogens with one attached hydrogen (secondary N) is 2. The first-order valence-electron chi connectivity index (χ1n) is 6.59. The molecule has 6 nitrogen and oxygen atoms in total. The maximum absolute atomic E-state index is 11.2. The van der Waals surface area contributed by atoms with Gasteiger partial charge in [-0.3, -0.25) is 0 Å². The van der Waals surface area contributed by atoms with Crippen LogP contribution in [0.25, 0.3) is 32.6 Å². The first-order chi connectivity index (χ1) is 10.6. The summed E-state index contributed by atoms with van der Waals surface area (Å²) in [6, 6.07) is 10.7. The highest BCUT2D eigenvalue weighted by Gasteiger charge is 2.17. The van der Waals surface area contributed by atoms with E-state index >= 15 is 0 Å². The topological polar surface area (TPSA) is 106 Å². The van der Waals surface area contributed by atoms with Gasteiger partial charge in [-0.15, -0.1) is 0 Å². The Hall–Kier alpha value is -3.28. The van der Waals surface area contributed by atoms with E-state index in [0.717, 1.165) is 21.5 Å². The molecule has 2 aromatic heterocycles. The molecule has 0 fully saturated rings. The Kier molecular flexibility index (Phi) is 2.33. The number of carboxylic acids is 2. The molecule has 0 radical (unpaired) electrons. The van der Waals surface area contributed by atoms with Crippen molar-refractivity contribution in [3.05, 3.63) is 47.8 Å². The van der Waals surface area contributed by atoms with Crippen LogP contribution in [0.3, 0.4) is 0 Å². The van der Waals surface area contributed by atoms with Crippen LogP contribution in [0, 0.1) is 0 Å². The van der Waals surface area contributed by atoms with Crippen molar-refractivity contribution in [3.63, 3.8) is 0 Å². The fourth-order valence-electron chi connectivity index (χ4n) is 2.91. The Labute approximate surface area is 123 Å². The van der Waals surface area contributed by atoms with Gasteiger partial charge in [0.25, 0.3) is 0 Å². The van der Waals surface area contributed by atoms with Gasteiger partial charge in [0, 0.05) is 10.8 Å². The average Bonchev–Trinajstić information content (AvgIpc) is 3.12. The lowest BCUT2D eigenvalue weighted by Gasteiger charge is -2.02. The molecular weight excluding hydrogens is 284 g/mol. The molecule has 4 aromatic rings. The van der Waals surface area contributed by atoms with E-state index < -0.39 is 11.9 Å². The maximum Gasteiger partial charge on any atom is 0.352 e. The van der Waals surface area contributed by atoms with Crippen LogP contribution in [0.15, 0.2) is 36.4 Å². The summed E-state index contributed by atoms with van der Waals surface area (Å²) in [7, 11) is 0. The molecule has 22 heavy (non-hydrogen) atoms. The molecule has 2 heterocycles. The smallest absolute Gasteiger partial charge is 0.352 e. The highest BCUT2D eigenvalue weighted by molar-refractivity contribution is 6.25. The molecule has 4 rings (SSSR count). The van der Waals surface area contributed by atoms with Crippen molar-refractivity contribution in [2.75, 3.05) is 0 Å². The number of aromatic nitrogens is 2. The van der Waals surface area contributed by atoms with Crippen LogP contribution in [0.2, 0.25) is 0 Å². The largest absolute Gasteiger partial charge is 0.477 e. The lowest BCUT2D eigenvalue weighted by molar-refractivity contribution is 0.0680. The number of rotatable bonds is 2. The summed E-state index contributed by atoms with van der Waals surface area (Å²) >= 11 is 0. The molecule has 0 atom stereocenters. The van der Waals surface area contributed by atoms with Crippen LogP contribution < -0.4 is 0 Å². The molecule has 0 aliphatic rings. The molecule has 0 saturated carbocycles. The Morgan fingerprint density at radius 1 is 0.727 bits per heavy atom. The number of H-pyrrole nitrogens is 2. The highest BCUT2D eigenvalue weighted by Crippen LogP contribution is 2.35. The molecule has 2 aromatic carbocycles. The van der Waals surface area contributed by atoms with Gasteiger partial charge < -0.3 is 20.2 Å². The van der Waals surface area contributed by atoms with Crippen molar-refractivity contribution in [3.8, 4) is 0 Å². The van der Waals surface area contributed by atoms with E-state index in [0.29, 0.717) is 11.0 Å². The number of hydrogen-bond donors (Lipinski definition) is 4. The molecular formula is C16H10N2O4. The first kappa shape index (κ1) is 12.5. The van der Waals surface area contributed by atoms with Crippen LogP contribution in [-0.2, 0) is 0 Å². The number of benzene rings is 2. The van der Waals surface area contributed by atoms with Crippen LogP contribution in [0.5, 0.6) is 0 Å². The number of aromatic carboxylic acids is 2. The van der Waals surface area contributed by atoms with Gasteiger partial charge in [-0.1, -0.05) is 24.3 Å². The van der Waals surface area contributed by atoms with Gasteiger partial charge in [-0.2, -0.15) is 0 Å². The van der Waals surface area contributed by atoms with E-state index in [2.05, 4.69) is 9.97 Å². The van der Waals surface area contributed by atoms with E-state index in [9.17, 15) is 19.8 Å². The molecule has 0 unspecified atom stereocenters. The van der Waals surface area contributed by atoms with Crippen molar-refractivity contribution in [1.82, 2.24) is 9.97 Å². The van der Waals surface area contributed by atoms with Gasteiger partial charge in [0.15, 0.2) is 0 Å². The van der Waals surface area contributed by atoms with Crippen molar-refractivity contribution in [2.24, 2.45) is 0 Å². The van der Waals surface area contributed by atoms with Crippen LogP contribution >= 0.6 is 0 Å². The number of hydrogen-bond acceptors (Lipinski definition) is 2. The average molecular weight is 294 g/mol. The number of aromatic amines is 2. The summed E-state index contributed by atoms with van der Waals surface area (Å²) in [5, 5.41) is 21.6. The number of carbonyl (C=O) groups is 2. The maximum atomic E-state index is 11.2. The van der Waals surface area contributed by atoms with Crippen molar-refractivity contribution in [1.29, 1.82) is 0 Å². The Morgan fingerprint density at radius 3 is 1.50 bits per heavy atom. The summed E-state index contributed by atoms with van der Waals surface area (Å²) in [6.45, 7) is 0. The number of carboxylic acid groups (broad SMARTS) is 2. The second-order valence-corrected chi connectivity index (χ2v) is 5.10. The van der Waals surface area contributed by atoms with Gasteiger partial charge in [-0.25, -0.2) is 9.59 Å². The zero-order chi connectivity index (χ0) is 15.4. The molecule has 108 valence electrons. The van der Waals surface area contributed by atoms with Gasteiger partial charge in [0.2, 0.25) is 0 Å². The van der Waals surface area contributed by atoms with E-state index in [1.165, 1.54) is 0 Å². The third-order valence-corrected chi connectivity index (χ3v) is 3.85. The zero-order valence-corrected chi connectivity index (χ0v) is 11.2. The van der Waals surface area contributed by atoms with Crippen LogP contribution in [0.1, 0.15) is 21.0 Å². The van der Waals surface area contributed by atoms with E-state index in [1.807, 2.05) is 24.3 Å². The van der Waals surface area contributed by atoms with Gasteiger partial charge in [0.1, 0.15) is 11.4 Å². The lowest BCUT2D eigenvalue weighted by atomic mass is 10.0. The second kappa shape index (κ2) is 4.11. The van der Waals surface area contributed by atoms with E-state index in [1.54, 1.807) is 12.1 Å². The highest BCUT2D eigenvalue weighted by atomic mass is 16.4. The standard InChI is InChI=1S/C16H10N2O4/c19-15(20)11-5-9-7-3-1-2-4-8(7)10-6-12(16(21)22)18-14(10)13(9)17-11/h1-6,17-18H,(H,19,20)(H,21,22). The molecule has 6 heteroatoms. The van der Waals surface area contributed by atoms with Gasteiger partial charge >= 0.3 is 11.9 Å². The third kappa shape index (κ3) is 1.54. The first-order valence-corrected chi connectivity index (χ1v) is 6.59. The predicted molar refractivity (Wildman–Crippen MR) is 81.6 cm³/mol. The second-order valence-electron chi connectivity index (χ2n) is 5.10. The third-order valence-electron chi connectivity index (χ3n) is 3.85. The van der Waals surface area contributed by atoms with Crippen molar-refractivity contribution < 1.29 is 19.8 Å². The molecule has 0 aliphatic heterocycles. The van der Waals surface area contributed by atoms with Gasteiger partial charge in [0.05, 0.1) is 11.0 Å². The Morgan fingerprint density at radius 2 is 1.14 bits per heavy atom. The normalized spacial score (nSPS) is 11.5. The fourth-order valence-corrected chi connectivity index (χ4v) is 2.91. The predicted octanol–water partition coefficient (Wildman–Crippen LogP) is 3.20. The monoisotopic (exact) mass is 294 g/mol. The minimum Gasteiger partial charge on any atom is -0.477 e. The molecule has 0 amide bonds. The minimum absolute atomic E-state index is 0.0686. The summed E-state index contributed by atoms with van der Waals surface area (Å²) in [6.07, 6.45) is 0. The summed E-state index contributed by atoms with van der Waals surface area (Å²) in [4.78, 5) is 28.2. The Bertz CT molecular complexity index is 1000. The summed E-state index contributed by atoms with van der Waals surface area (Å²) < 4.78 is 0. The Balaban J connectivity index is 2.28. The number of fused-ring (bicyclic) bond motifs is 6. The summed E-state index contributed by atoms with van der Waals surface area (Å²) in [5.74, 6) is -2.11. The van der Waals surface area contributed by atoms with Crippen molar-refractivity contribution >= 4 is 44.5 Å². The zero-order valence-electron chi connectivity index (χ0n) is 11.2.